The molecule has 1 saturated heterocycles. The minimum absolute atomic E-state index is 0.648. The Bertz CT molecular complexity index is 175. The average molecular weight is 228 g/mol. The summed E-state index contributed by atoms with van der Waals surface area (Å²) >= 11 is 0. The number of piperidine rings is 1. The van der Waals surface area contributed by atoms with E-state index in [1.165, 1.54) is 38.9 Å². The maximum Gasteiger partial charge on any atom is 0.0478 e. The molecule has 0 aliphatic carbocycles. The number of nitrogens with zero attached hydrogens (tertiary/aromatic N) is 1. The Morgan fingerprint density at radius 1 is 1.50 bits per heavy atom. The molecule has 1 heterocycles. The monoisotopic (exact) mass is 228 g/mol. The molecule has 1 aliphatic heterocycles. The molecule has 2 unspecified atom stereocenters. The van der Waals surface area contributed by atoms with Gasteiger partial charge < -0.3 is 15.0 Å². The van der Waals surface area contributed by atoms with Crippen LogP contribution in [0.5, 0.6) is 0 Å². The van der Waals surface area contributed by atoms with Gasteiger partial charge in [0, 0.05) is 32.3 Å². The molecule has 16 heavy (non-hydrogen) atoms. The molecule has 0 radical (unpaired) electrons. The standard InChI is InChI=1S/C13H28N2O/c1-4-16-10-6-9-15-8-5-7-13(11-15)12(2)14-3/h12-14H,4-11H2,1-3H3. The number of hydrogen-bond donors (Lipinski definition) is 1. The number of hydrogen-bond acceptors (Lipinski definition) is 3. The van der Waals surface area contributed by atoms with Gasteiger partial charge in [-0.3, -0.25) is 0 Å². The molecule has 0 saturated carbocycles. The largest absolute Gasteiger partial charge is 0.382 e. The van der Waals surface area contributed by atoms with E-state index in [-0.39, 0.29) is 0 Å². The van der Waals surface area contributed by atoms with Crippen LogP contribution in [-0.2, 0) is 4.74 Å². The van der Waals surface area contributed by atoms with E-state index in [9.17, 15) is 0 Å². The highest BCUT2D eigenvalue weighted by Crippen LogP contribution is 2.19. The van der Waals surface area contributed by atoms with Crippen LogP contribution in [0.1, 0.15) is 33.1 Å². The van der Waals surface area contributed by atoms with Crippen molar-refractivity contribution in [1.82, 2.24) is 10.2 Å². The Labute approximate surface area is 101 Å². The maximum atomic E-state index is 5.38. The Morgan fingerprint density at radius 3 is 3.00 bits per heavy atom. The van der Waals surface area contributed by atoms with Crippen LogP contribution < -0.4 is 5.32 Å². The summed E-state index contributed by atoms with van der Waals surface area (Å²) in [5, 5.41) is 3.38. The van der Waals surface area contributed by atoms with E-state index in [1.54, 1.807) is 0 Å². The third kappa shape index (κ3) is 4.81. The van der Waals surface area contributed by atoms with E-state index in [0.29, 0.717) is 6.04 Å². The predicted molar refractivity (Wildman–Crippen MR) is 68.8 cm³/mol. The molecule has 3 heteroatoms. The number of ether oxygens (including phenoxy) is 1. The molecule has 1 N–H and O–H groups in total. The molecular weight excluding hydrogens is 200 g/mol. The topological polar surface area (TPSA) is 24.5 Å². The second-order valence-electron chi connectivity index (χ2n) is 4.83. The van der Waals surface area contributed by atoms with Crippen LogP contribution in [0.15, 0.2) is 0 Å². The van der Waals surface area contributed by atoms with Gasteiger partial charge in [-0.2, -0.15) is 0 Å². The van der Waals surface area contributed by atoms with Gasteiger partial charge in [-0.15, -0.1) is 0 Å². The zero-order valence-electron chi connectivity index (χ0n) is 11.2. The van der Waals surface area contributed by atoms with Gasteiger partial charge in [-0.05, 0) is 52.6 Å². The maximum absolute atomic E-state index is 5.38. The van der Waals surface area contributed by atoms with Gasteiger partial charge in [0.1, 0.15) is 0 Å². The van der Waals surface area contributed by atoms with Crippen LogP contribution in [-0.4, -0.2) is 50.8 Å². The van der Waals surface area contributed by atoms with E-state index < -0.39 is 0 Å². The second kappa shape index (κ2) is 8.04. The molecule has 0 bridgehead atoms. The average Bonchev–Trinajstić information content (AvgIpc) is 2.34. The summed E-state index contributed by atoms with van der Waals surface area (Å²) in [4.78, 5) is 2.60. The fourth-order valence-corrected chi connectivity index (χ4v) is 2.47. The first-order chi connectivity index (χ1) is 7.77. The quantitative estimate of drug-likeness (QED) is 0.672. The fraction of sp³-hybridized carbons (Fsp3) is 1.00. The van der Waals surface area contributed by atoms with Crippen molar-refractivity contribution >= 4 is 0 Å². The number of rotatable bonds is 7. The minimum atomic E-state index is 0.648. The second-order valence-corrected chi connectivity index (χ2v) is 4.83. The highest BCUT2D eigenvalue weighted by atomic mass is 16.5. The molecule has 1 fully saturated rings. The van der Waals surface area contributed by atoms with Crippen molar-refractivity contribution in [1.29, 1.82) is 0 Å². The van der Waals surface area contributed by atoms with E-state index in [1.807, 2.05) is 0 Å². The molecule has 0 spiro atoms. The third-order valence-corrected chi connectivity index (χ3v) is 3.67. The van der Waals surface area contributed by atoms with Crippen molar-refractivity contribution in [3.05, 3.63) is 0 Å². The SMILES string of the molecule is CCOCCCN1CCCC(C(C)NC)C1. The first-order valence-electron chi connectivity index (χ1n) is 6.75. The lowest BCUT2D eigenvalue weighted by atomic mass is 9.91. The normalized spacial score (nSPS) is 24.6. The van der Waals surface area contributed by atoms with E-state index in [2.05, 4.69) is 31.1 Å². The zero-order chi connectivity index (χ0) is 11.8. The van der Waals surface area contributed by atoms with Gasteiger partial charge in [-0.1, -0.05) is 0 Å². The van der Waals surface area contributed by atoms with Crippen LogP contribution in [0.25, 0.3) is 0 Å². The number of likely N-dealkylation sites (tertiary alicyclic amines) is 1. The predicted octanol–water partition coefficient (Wildman–Crippen LogP) is 1.73. The van der Waals surface area contributed by atoms with Crippen LogP contribution in [0.2, 0.25) is 0 Å². The minimum Gasteiger partial charge on any atom is -0.382 e. The van der Waals surface area contributed by atoms with Crippen molar-refractivity contribution in [2.75, 3.05) is 39.9 Å². The van der Waals surface area contributed by atoms with Crippen LogP contribution in [0.3, 0.4) is 0 Å². The summed E-state index contributed by atoms with van der Waals surface area (Å²) in [6.45, 7) is 9.86. The van der Waals surface area contributed by atoms with Gasteiger partial charge in [0.25, 0.3) is 0 Å². The smallest absolute Gasteiger partial charge is 0.0478 e. The van der Waals surface area contributed by atoms with Crippen molar-refractivity contribution in [2.24, 2.45) is 5.92 Å². The lowest BCUT2D eigenvalue weighted by molar-refractivity contribution is 0.111. The summed E-state index contributed by atoms with van der Waals surface area (Å²) in [7, 11) is 2.07. The zero-order valence-corrected chi connectivity index (χ0v) is 11.2. The summed E-state index contributed by atoms with van der Waals surface area (Å²) < 4.78 is 5.38. The Morgan fingerprint density at radius 2 is 2.31 bits per heavy atom. The van der Waals surface area contributed by atoms with E-state index in [0.717, 1.165) is 19.1 Å². The Hall–Kier alpha value is -0.120. The molecule has 96 valence electrons. The third-order valence-electron chi connectivity index (χ3n) is 3.67. The van der Waals surface area contributed by atoms with Gasteiger partial charge in [0.2, 0.25) is 0 Å². The van der Waals surface area contributed by atoms with Crippen LogP contribution in [0.4, 0.5) is 0 Å². The molecule has 0 aromatic carbocycles. The van der Waals surface area contributed by atoms with Crippen molar-refractivity contribution < 1.29 is 4.74 Å². The van der Waals surface area contributed by atoms with Gasteiger partial charge >= 0.3 is 0 Å². The molecule has 0 aromatic rings. The van der Waals surface area contributed by atoms with Gasteiger partial charge in [-0.25, -0.2) is 0 Å². The first kappa shape index (κ1) is 13.9. The Balaban J connectivity index is 2.17. The summed E-state index contributed by atoms with van der Waals surface area (Å²) in [6.07, 6.45) is 3.91. The molecule has 2 atom stereocenters. The van der Waals surface area contributed by atoms with Crippen molar-refractivity contribution in [3.63, 3.8) is 0 Å². The molecular formula is C13H28N2O. The summed E-state index contributed by atoms with van der Waals surface area (Å²) in [6, 6.07) is 0.648. The van der Waals surface area contributed by atoms with Crippen LogP contribution >= 0.6 is 0 Å². The number of nitrogens with one attached hydrogen (secondary N) is 1. The highest BCUT2D eigenvalue weighted by Gasteiger charge is 2.23. The summed E-state index contributed by atoms with van der Waals surface area (Å²) in [5.74, 6) is 0.825. The van der Waals surface area contributed by atoms with E-state index >= 15 is 0 Å². The molecule has 0 aromatic heterocycles. The molecule has 0 amide bonds. The Kier molecular flexibility index (Phi) is 7.01. The van der Waals surface area contributed by atoms with Gasteiger partial charge in [0.15, 0.2) is 0 Å². The van der Waals surface area contributed by atoms with Crippen molar-refractivity contribution in [3.8, 4) is 0 Å². The highest BCUT2D eigenvalue weighted by molar-refractivity contribution is 4.79. The van der Waals surface area contributed by atoms with E-state index in [4.69, 9.17) is 4.74 Å². The summed E-state index contributed by atoms with van der Waals surface area (Å²) in [5.41, 5.74) is 0. The van der Waals surface area contributed by atoms with Gasteiger partial charge in [0.05, 0.1) is 0 Å². The molecule has 3 nitrogen and oxygen atoms in total. The first-order valence-corrected chi connectivity index (χ1v) is 6.75. The van der Waals surface area contributed by atoms with Crippen molar-refractivity contribution in [2.45, 2.75) is 39.2 Å². The molecule has 1 rings (SSSR count). The lowest BCUT2D eigenvalue weighted by Crippen LogP contribution is -2.43. The molecule has 1 aliphatic rings. The fourth-order valence-electron chi connectivity index (χ4n) is 2.47. The lowest BCUT2D eigenvalue weighted by Gasteiger charge is -2.35. The van der Waals surface area contributed by atoms with Crippen LogP contribution in [0, 0.1) is 5.92 Å².